The molecule has 1 aromatic heterocycles. The number of hydrogen-bond acceptors (Lipinski definition) is 4. The molecule has 0 N–H and O–H groups in total. The Morgan fingerprint density at radius 2 is 1.77 bits per heavy atom. The second-order valence-electron chi connectivity index (χ2n) is 7.18. The van der Waals surface area contributed by atoms with Crippen LogP contribution in [0.1, 0.15) is 39.7 Å². The van der Waals surface area contributed by atoms with Crippen molar-refractivity contribution in [1.82, 2.24) is 0 Å². The van der Waals surface area contributed by atoms with Crippen molar-refractivity contribution >= 4 is 22.6 Å². The van der Waals surface area contributed by atoms with Gasteiger partial charge in [-0.15, -0.1) is 0 Å². The van der Waals surface area contributed by atoms with Gasteiger partial charge in [-0.1, -0.05) is 19.1 Å². The lowest BCUT2D eigenvalue weighted by Gasteiger charge is -2.22. The Hall–Kier alpha value is -3.01. The third-order valence-electron chi connectivity index (χ3n) is 5.63. The van der Waals surface area contributed by atoms with Crippen molar-refractivity contribution in [3.63, 3.8) is 0 Å². The van der Waals surface area contributed by atoms with Gasteiger partial charge >= 0.3 is 0 Å². The fourth-order valence-electron chi connectivity index (χ4n) is 4.37. The van der Waals surface area contributed by atoms with Crippen molar-refractivity contribution in [1.29, 1.82) is 0 Å². The van der Waals surface area contributed by atoms with Gasteiger partial charge in [-0.05, 0) is 36.2 Å². The molecule has 2 aliphatic carbocycles. The summed E-state index contributed by atoms with van der Waals surface area (Å²) < 4.78 is 16.7. The SMILES string of the molecule is COc1ccc(OC)c2cc3c(cc12)CC1(C)C=Cc2coc(c21)C3=O. The number of rotatable bonds is 2. The maximum Gasteiger partial charge on any atom is 0.228 e. The van der Waals surface area contributed by atoms with E-state index in [1.54, 1.807) is 20.5 Å². The van der Waals surface area contributed by atoms with Gasteiger partial charge in [0.25, 0.3) is 0 Å². The van der Waals surface area contributed by atoms with Crippen molar-refractivity contribution < 1.29 is 18.7 Å². The van der Waals surface area contributed by atoms with Gasteiger partial charge in [0.2, 0.25) is 5.78 Å². The molecule has 1 atom stereocenters. The highest BCUT2D eigenvalue weighted by Gasteiger charge is 2.41. The lowest BCUT2D eigenvalue weighted by atomic mass is 9.80. The van der Waals surface area contributed by atoms with E-state index in [0.717, 1.165) is 45.4 Å². The minimum absolute atomic E-state index is 0.0690. The van der Waals surface area contributed by atoms with Crippen molar-refractivity contribution in [2.45, 2.75) is 18.8 Å². The molecule has 0 radical (unpaired) electrons. The predicted octanol–water partition coefficient (Wildman–Crippen LogP) is 4.52. The third kappa shape index (κ3) is 1.81. The lowest BCUT2D eigenvalue weighted by Crippen LogP contribution is -2.20. The number of carbonyl (C=O) groups is 1. The Balaban J connectivity index is 1.84. The molecule has 0 amide bonds. The Labute approximate surface area is 151 Å². The summed E-state index contributed by atoms with van der Waals surface area (Å²) in [5, 5.41) is 1.81. The fraction of sp³-hybridized carbons (Fsp3) is 0.227. The molecule has 0 fully saturated rings. The van der Waals surface area contributed by atoms with Gasteiger partial charge in [-0.25, -0.2) is 0 Å². The first kappa shape index (κ1) is 15.3. The molecular formula is C22H18O4. The molecule has 130 valence electrons. The van der Waals surface area contributed by atoms with Crippen LogP contribution in [-0.4, -0.2) is 20.0 Å². The summed E-state index contributed by atoms with van der Waals surface area (Å²) in [6, 6.07) is 7.73. The quantitative estimate of drug-likeness (QED) is 0.684. The number of hydrogen-bond donors (Lipinski definition) is 0. The Morgan fingerprint density at radius 3 is 2.46 bits per heavy atom. The minimum atomic E-state index is -0.238. The second kappa shape index (κ2) is 5.01. The van der Waals surface area contributed by atoms with Crippen molar-refractivity contribution in [2.75, 3.05) is 14.2 Å². The van der Waals surface area contributed by atoms with E-state index < -0.39 is 0 Å². The number of carbonyl (C=O) groups excluding carboxylic acids is 1. The molecule has 3 aromatic rings. The molecule has 5 rings (SSSR count). The zero-order chi connectivity index (χ0) is 18.1. The normalized spacial score (nSPS) is 20.0. The standard InChI is InChI=1S/C22H18O4/c1-22-7-6-12-11-26-21(19(12)22)20(23)14-9-16-15(8-13(14)10-22)17(24-2)4-5-18(16)25-3/h4-9,11H,10H2,1-3H3. The van der Waals surface area contributed by atoms with Crippen molar-refractivity contribution in [2.24, 2.45) is 0 Å². The zero-order valence-electron chi connectivity index (χ0n) is 14.9. The Kier molecular flexibility index (Phi) is 2.94. The number of ether oxygens (including phenoxy) is 2. The van der Waals surface area contributed by atoms with Crippen LogP contribution in [0.25, 0.3) is 16.8 Å². The molecule has 4 nitrogen and oxygen atoms in total. The van der Waals surface area contributed by atoms with Gasteiger partial charge < -0.3 is 13.9 Å². The van der Waals surface area contributed by atoms with Crippen LogP contribution in [0, 0.1) is 0 Å². The monoisotopic (exact) mass is 346 g/mol. The van der Waals surface area contributed by atoms with Gasteiger partial charge in [0.1, 0.15) is 11.5 Å². The molecular weight excluding hydrogens is 328 g/mol. The average molecular weight is 346 g/mol. The number of furan rings is 1. The van der Waals surface area contributed by atoms with Crippen molar-refractivity contribution in [3.8, 4) is 11.5 Å². The Morgan fingerprint density at radius 1 is 1.08 bits per heavy atom. The van der Waals surface area contributed by atoms with E-state index in [0.29, 0.717) is 11.3 Å². The first-order valence-electron chi connectivity index (χ1n) is 8.59. The first-order chi connectivity index (χ1) is 12.6. The summed E-state index contributed by atoms with van der Waals surface area (Å²) in [4.78, 5) is 13.3. The molecule has 4 heteroatoms. The molecule has 2 aliphatic rings. The van der Waals surface area contributed by atoms with Crippen LogP contribution in [-0.2, 0) is 11.8 Å². The first-order valence-corrected chi connectivity index (χ1v) is 8.59. The molecule has 0 bridgehead atoms. The van der Waals surface area contributed by atoms with Crippen LogP contribution in [0.5, 0.6) is 11.5 Å². The summed E-state index contributed by atoms with van der Waals surface area (Å²) in [5.74, 6) is 1.87. The fourth-order valence-corrected chi connectivity index (χ4v) is 4.37. The van der Waals surface area contributed by atoms with Gasteiger partial charge in [0.05, 0.1) is 20.5 Å². The van der Waals surface area contributed by atoms with Gasteiger partial charge in [-0.2, -0.15) is 0 Å². The van der Waals surface area contributed by atoms with Crippen LogP contribution in [0.4, 0.5) is 0 Å². The average Bonchev–Trinajstić information content (AvgIpc) is 3.19. The lowest BCUT2D eigenvalue weighted by molar-refractivity contribution is 0.101. The maximum atomic E-state index is 13.3. The van der Waals surface area contributed by atoms with E-state index in [-0.39, 0.29) is 11.2 Å². The topological polar surface area (TPSA) is 48.7 Å². The van der Waals surface area contributed by atoms with Crippen LogP contribution in [0.2, 0.25) is 0 Å². The molecule has 0 aliphatic heterocycles. The smallest absolute Gasteiger partial charge is 0.228 e. The number of benzene rings is 2. The molecule has 26 heavy (non-hydrogen) atoms. The Bertz CT molecular complexity index is 1120. The molecule has 1 heterocycles. The second-order valence-corrected chi connectivity index (χ2v) is 7.18. The summed E-state index contributed by atoms with van der Waals surface area (Å²) in [6.07, 6.45) is 6.64. The van der Waals surface area contributed by atoms with Crippen LogP contribution in [0.3, 0.4) is 0 Å². The largest absolute Gasteiger partial charge is 0.496 e. The van der Waals surface area contributed by atoms with E-state index in [2.05, 4.69) is 19.1 Å². The number of fused-ring (bicyclic) bond motifs is 2. The molecule has 0 saturated heterocycles. The van der Waals surface area contributed by atoms with Gasteiger partial charge in [0, 0.05) is 32.9 Å². The van der Waals surface area contributed by atoms with E-state index in [1.165, 1.54) is 0 Å². The highest BCUT2D eigenvalue weighted by atomic mass is 16.5. The minimum Gasteiger partial charge on any atom is -0.496 e. The molecule has 0 saturated carbocycles. The summed E-state index contributed by atoms with van der Waals surface area (Å²) in [5.41, 5.74) is 3.44. The van der Waals surface area contributed by atoms with E-state index in [1.807, 2.05) is 24.3 Å². The zero-order valence-corrected chi connectivity index (χ0v) is 14.9. The van der Waals surface area contributed by atoms with Crippen LogP contribution in [0.15, 0.2) is 41.0 Å². The van der Waals surface area contributed by atoms with E-state index in [4.69, 9.17) is 13.9 Å². The van der Waals surface area contributed by atoms with Gasteiger partial charge in [-0.3, -0.25) is 4.79 Å². The highest BCUT2D eigenvalue weighted by molar-refractivity contribution is 6.13. The summed E-state index contributed by atoms with van der Waals surface area (Å²) in [6.45, 7) is 2.16. The molecule has 2 aromatic carbocycles. The number of ketones is 1. The van der Waals surface area contributed by atoms with Crippen LogP contribution >= 0.6 is 0 Å². The maximum absolute atomic E-state index is 13.3. The molecule has 0 spiro atoms. The van der Waals surface area contributed by atoms with Gasteiger partial charge in [0.15, 0.2) is 5.76 Å². The van der Waals surface area contributed by atoms with Crippen molar-refractivity contribution in [3.05, 3.63) is 64.6 Å². The van der Waals surface area contributed by atoms with Crippen LogP contribution < -0.4 is 9.47 Å². The number of allylic oxidation sites excluding steroid dienone is 1. The third-order valence-corrected chi connectivity index (χ3v) is 5.63. The van der Waals surface area contributed by atoms with E-state index in [9.17, 15) is 4.79 Å². The highest BCUT2D eigenvalue weighted by Crippen LogP contribution is 2.46. The summed E-state index contributed by atoms with van der Waals surface area (Å²) in [7, 11) is 3.28. The summed E-state index contributed by atoms with van der Waals surface area (Å²) >= 11 is 0. The van der Waals surface area contributed by atoms with E-state index >= 15 is 0 Å². The number of methoxy groups -OCH3 is 2. The predicted molar refractivity (Wildman–Crippen MR) is 99.3 cm³/mol. The molecule has 1 unspecified atom stereocenters.